The molecule has 0 N–H and O–H groups in total. The maximum absolute atomic E-state index is 12.7. The van der Waals surface area contributed by atoms with Crippen LogP contribution in [0.1, 0.15) is 58.2 Å². The van der Waals surface area contributed by atoms with Crippen LogP contribution in [0.4, 0.5) is 5.69 Å². The number of benzene rings is 1. The van der Waals surface area contributed by atoms with Crippen LogP contribution in [0, 0.1) is 5.92 Å². The number of aromatic nitrogens is 1. The lowest BCUT2D eigenvalue weighted by Crippen LogP contribution is -2.37. The van der Waals surface area contributed by atoms with Crippen LogP contribution in [-0.4, -0.2) is 26.0 Å². The van der Waals surface area contributed by atoms with E-state index in [1.807, 2.05) is 56.5 Å². The van der Waals surface area contributed by atoms with Gasteiger partial charge in [-0.15, -0.1) is 0 Å². The molecule has 0 unspecified atom stereocenters. The van der Waals surface area contributed by atoms with Gasteiger partial charge in [0.15, 0.2) is 6.20 Å². The molecule has 0 aliphatic rings. The summed E-state index contributed by atoms with van der Waals surface area (Å²) in [6.07, 6.45) is 8.11. The summed E-state index contributed by atoms with van der Waals surface area (Å²) in [6.45, 7) is 10.7. The van der Waals surface area contributed by atoms with E-state index in [1.165, 1.54) is 12.0 Å². The first-order valence-electron chi connectivity index (χ1n) is 12.6. The third kappa shape index (κ3) is 7.31. The van der Waals surface area contributed by atoms with E-state index in [-0.39, 0.29) is 11.5 Å². The molecule has 0 aliphatic heterocycles. The molecule has 7 heteroatoms. The minimum atomic E-state index is -0.360. The van der Waals surface area contributed by atoms with Gasteiger partial charge in [-0.05, 0) is 50.6 Å². The fourth-order valence-corrected chi connectivity index (χ4v) is 4.57. The van der Waals surface area contributed by atoms with Gasteiger partial charge in [-0.2, -0.15) is 4.57 Å². The number of Topliss-reactive ketones (excluding diaryl/α,β-unsaturated/α-hetero) is 1. The summed E-state index contributed by atoms with van der Waals surface area (Å²) in [5.41, 5.74) is 2.74. The van der Waals surface area contributed by atoms with Gasteiger partial charge in [0, 0.05) is 73.2 Å². The standard InChI is InChI=1S/C29H37N2O4S/c1-6-30(7-2)25-14-11-22-18-23(29(33)35-28(22)19-25)12-13-24-15-16-26(36-34-5)20-31(24)17-9-8-10-27(32)21(3)4/h11-16,18-21H,6-10,17H2,1-5H3/q+1. The molecule has 0 saturated carbocycles. The Morgan fingerprint density at radius 1 is 1.11 bits per heavy atom. The molecule has 36 heavy (non-hydrogen) atoms. The normalized spacial score (nSPS) is 11.6. The fourth-order valence-electron chi connectivity index (χ4n) is 4.09. The van der Waals surface area contributed by atoms with Gasteiger partial charge in [-0.3, -0.25) is 4.79 Å². The summed E-state index contributed by atoms with van der Waals surface area (Å²) in [7, 11) is 1.64. The van der Waals surface area contributed by atoms with E-state index < -0.39 is 0 Å². The van der Waals surface area contributed by atoms with Crippen molar-refractivity contribution >= 4 is 46.6 Å². The number of pyridine rings is 1. The second-order valence-corrected chi connectivity index (χ2v) is 10.00. The number of hydrogen-bond donors (Lipinski definition) is 0. The second kappa shape index (κ2) is 13.4. The molecular formula is C29H37N2O4S+. The zero-order chi connectivity index (χ0) is 26.1. The number of fused-ring (bicyclic) bond motifs is 1. The van der Waals surface area contributed by atoms with Crippen LogP contribution in [0.25, 0.3) is 23.1 Å². The SMILES string of the molecule is CCN(CC)c1ccc2cc(/C=C/c3ccc(SOC)c[n+]3CCCCC(=O)C(C)C)c(=O)oc2c1. The van der Waals surface area contributed by atoms with Gasteiger partial charge < -0.3 is 13.5 Å². The highest BCUT2D eigenvalue weighted by Gasteiger charge is 2.13. The maximum atomic E-state index is 12.7. The van der Waals surface area contributed by atoms with Crippen molar-refractivity contribution in [2.24, 2.45) is 5.92 Å². The molecule has 1 aromatic carbocycles. The van der Waals surface area contributed by atoms with E-state index in [4.69, 9.17) is 8.60 Å². The van der Waals surface area contributed by atoms with Gasteiger partial charge in [0.05, 0.1) is 17.6 Å². The zero-order valence-electron chi connectivity index (χ0n) is 22.0. The summed E-state index contributed by atoms with van der Waals surface area (Å²) < 4.78 is 13.0. The van der Waals surface area contributed by atoms with Gasteiger partial charge >= 0.3 is 5.63 Å². The Morgan fingerprint density at radius 3 is 2.58 bits per heavy atom. The molecule has 0 fully saturated rings. The molecule has 3 aromatic rings. The largest absolute Gasteiger partial charge is 0.422 e. The zero-order valence-corrected chi connectivity index (χ0v) is 22.8. The van der Waals surface area contributed by atoms with Crippen molar-refractivity contribution in [3.63, 3.8) is 0 Å². The molecule has 0 bridgehead atoms. The van der Waals surface area contributed by atoms with Crippen LogP contribution >= 0.6 is 12.0 Å². The first kappa shape index (κ1) is 27.7. The van der Waals surface area contributed by atoms with Crippen molar-refractivity contribution in [2.45, 2.75) is 58.4 Å². The molecule has 0 saturated heterocycles. The van der Waals surface area contributed by atoms with Crippen LogP contribution < -0.4 is 15.1 Å². The molecule has 0 radical (unpaired) electrons. The number of unbranched alkanes of at least 4 members (excludes halogenated alkanes) is 1. The lowest BCUT2D eigenvalue weighted by Gasteiger charge is -2.20. The molecule has 3 rings (SSSR count). The number of nitrogens with zero attached hydrogens (tertiary/aromatic N) is 2. The molecule has 2 heterocycles. The number of hydrogen-bond acceptors (Lipinski definition) is 6. The molecule has 2 aromatic heterocycles. The first-order valence-corrected chi connectivity index (χ1v) is 13.4. The predicted molar refractivity (Wildman–Crippen MR) is 148 cm³/mol. The smallest absolute Gasteiger partial charge is 0.343 e. The molecule has 0 spiro atoms. The quantitative estimate of drug-likeness (QED) is 0.119. The van der Waals surface area contributed by atoms with Crippen LogP contribution in [-0.2, 0) is 15.5 Å². The Morgan fingerprint density at radius 2 is 1.89 bits per heavy atom. The average molecular weight is 510 g/mol. The number of carbonyl (C=O) groups is 1. The minimum absolute atomic E-state index is 0.0787. The van der Waals surface area contributed by atoms with E-state index in [9.17, 15) is 9.59 Å². The summed E-state index contributed by atoms with van der Waals surface area (Å²) in [5.74, 6) is 0.381. The van der Waals surface area contributed by atoms with E-state index in [2.05, 4.69) is 29.4 Å². The third-order valence-corrected chi connectivity index (χ3v) is 6.84. The average Bonchev–Trinajstić information content (AvgIpc) is 2.86. The van der Waals surface area contributed by atoms with E-state index in [0.29, 0.717) is 23.4 Å². The van der Waals surface area contributed by atoms with E-state index in [1.54, 1.807) is 13.2 Å². The highest BCUT2D eigenvalue weighted by Crippen LogP contribution is 2.23. The second-order valence-electron chi connectivity index (χ2n) is 9.03. The van der Waals surface area contributed by atoms with E-state index >= 15 is 0 Å². The molecule has 6 nitrogen and oxygen atoms in total. The summed E-state index contributed by atoms with van der Waals surface area (Å²) in [5, 5.41) is 0.889. The van der Waals surface area contributed by atoms with Gasteiger partial charge in [-0.1, -0.05) is 13.8 Å². The highest BCUT2D eigenvalue weighted by atomic mass is 32.2. The van der Waals surface area contributed by atoms with Crippen molar-refractivity contribution in [3.05, 3.63) is 64.3 Å². The topological polar surface area (TPSA) is 63.6 Å². The van der Waals surface area contributed by atoms with Gasteiger partial charge in [-0.25, -0.2) is 4.79 Å². The predicted octanol–water partition coefficient (Wildman–Crippen LogP) is 6.15. The molecular weight excluding hydrogens is 472 g/mol. The third-order valence-electron chi connectivity index (χ3n) is 6.24. The van der Waals surface area contributed by atoms with Crippen LogP contribution in [0.2, 0.25) is 0 Å². The molecule has 0 atom stereocenters. The van der Waals surface area contributed by atoms with Crippen molar-refractivity contribution in [2.75, 3.05) is 25.1 Å². The van der Waals surface area contributed by atoms with Crippen molar-refractivity contribution in [1.29, 1.82) is 0 Å². The van der Waals surface area contributed by atoms with Gasteiger partial charge in [0.25, 0.3) is 0 Å². The van der Waals surface area contributed by atoms with Gasteiger partial charge in [0.1, 0.15) is 17.9 Å². The van der Waals surface area contributed by atoms with Crippen molar-refractivity contribution in [3.8, 4) is 0 Å². The van der Waals surface area contributed by atoms with Gasteiger partial charge in [0.2, 0.25) is 5.69 Å². The molecule has 0 aliphatic carbocycles. The lowest BCUT2D eigenvalue weighted by atomic mass is 10.0. The first-order chi connectivity index (χ1) is 17.4. The summed E-state index contributed by atoms with van der Waals surface area (Å²) in [4.78, 5) is 27.9. The number of aryl methyl sites for hydroxylation is 1. The van der Waals surface area contributed by atoms with Crippen molar-refractivity contribution in [1.82, 2.24) is 0 Å². The molecule has 192 valence electrons. The number of carbonyl (C=O) groups excluding carboxylic acids is 1. The number of ketones is 1. The Bertz CT molecular complexity index is 1260. The summed E-state index contributed by atoms with van der Waals surface area (Å²) in [6, 6.07) is 11.9. The monoisotopic (exact) mass is 509 g/mol. The lowest BCUT2D eigenvalue weighted by molar-refractivity contribution is -0.700. The van der Waals surface area contributed by atoms with Crippen LogP contribution in [0.3, 0.4) is 0 Å². The summed E-state index contributed by atoms with van der Waals surface area (Å²) >= 11 is 1.30. The maximum Gasteiger partial charge on any atom is 0.343 e. The van der Waals surface area contributed by atoms with Crippen LogP contribution in [0.5, 0.6) is 0 Å². The Hall–Kier alpha value is -2.90. The number of rotatable bonds is 13. The number of anilines is 1. The minimum Gasteiger partial charge on any atom is -0.422 e. The highest BCUT2D eigenvalue weighted by molar-refractivity contribution is 7.94. The Labute approximate surface area is 218 Å². The Balaban J connectivity index is 1.83. The van der Waals surface area contributed by atoms with Crippen molar-refractivity contribution < 1.29 is 18.0 Å². The Kier molecular flexibility index (Phi) is 10.3. The van der Waals surface area contributed by atoms with Crippen LogP contribution in [0.15, 0.2) is 56.7 Å². The fraction of sp³-hybridized carbons (Fsp3) is 0.414. The molecule has 0 amide bonds. The van der Waals surface area contributed by atoms with E-state index in [0.717, 1.165) is 54.1 Å².